The summed E-state index contributed by atoms with van der Waals surface area (Å²) >= 11 is 0. The maximum absolute atomic E-state index is 11.9. The van der Waals surface area contributed by atoms with Gasteiger partial charge in [-0.2, -0.15) is 18.4 Å². The summed E-state index contributed by atoms with van der Waals surface area (Å²) in [6.45, 7) is 1.82. The van der Waals surface area contributed by atoms with Gasteiger partial charge in [-0.3, -0.25) is 0 Å². The first-order chi connectivity index (χ1) is 6.72. The number of hydrogen-bond acceptors (Lipinski definition) is 3. The van der Waals surface area contributed by atoms with E-state index in [-0.39, 0.29) is 13.1 Å². The Morgan fingerprint density at radius 2 is 1.93 bits per heavy atom. The average molecular weight is 223 g/mol. The summed E-state index contributed by atoms with van der Waals surface area (Å²) < 4.78 is 35.7. The van der Waals surface area contributed by atoms with Crippen LogP contribution in [0.5, 0.6) is 0 Å². The van der Waals surface area contributed by atoms with Crippen LogP contribution in [-0.2, 0) is 0 Å². The highest BCUT2D eigenvalue weighted by Crippen LogP contribution is 2.19. The first kappa shape index (κ1) is 14.2. The molecule has 0 amide bonds. The average Bonchev–Trinajstić information content (AvgIpc) is 2.13. The Morgan fingerprint density at radius 3 is 2.27 bits per heavy atom. The van der Waals surface area contributed by atoms with Crippen molar-refractivity contribution in [3.63, 3.8) is 0 Å². The summed E-state index contributed by atoms with van der Waals surface area (Å²) in [5.74, 6) is 0. The number of halogens is 3. The maximum atomic E-state index is 11.9. The number of nitriles is 1. The molecule has 15 heavy (non-hydrogen) atoms. The van der Waals surface area contributed by atoms with Gasteiger partial charge in [-0.05, 0) is 21.0 Å². The Balaban J connectivity index is 4.04. The van der Waals surface area contributed by atoms with Gasteiger partial charge in [0.2, 0.25) is 0 Å². The van der Waals surface area contributed by atoms with E-state index in [0.717, 1.165) is 0 Å². The Hall–Kier alpha value is -0.800. The van der Waals surface area contributed by atoms with Crippen molar-refractivity contribution in [2.75, 3.05) is 27.2 Å². The van der Waals surface area contributed by atoms with Crippen molar-refractivity contribution < 1.29 is 13.2 Å². The lowest BCUT2D eigenvalue weighted by Crippen LogP contribution is -2.48. The molecule has 1 N–H and O–H groups in total. The lowest BCUT2D eigenvalue weighted by molar-refractivity contribution is -0.137. The Labute approximate surface area is 87.9 Å². The van der Waals surface area contributed by atoms with Crippen LogP contribution in [0.25, 0.3) is 0 Å². The molecule has 1 atom stereocenters. The molecule has 0 aliphatic rings. The summed E-state index contributed by atoms with van der Waals surface area (Å²) in [6.07, 6.45) is -4.99. The normalized spacial score (nSPS) is 16.1. The SMILES string of the molecule is CNC(C)(C#N)CN(C)CCC(F)(F)F. The standard InChI is InChI=1S/C9H16F3N3/c1-8(6-13,14-2)7-15(3)5-4-9(10,11)12/h14H,4-5,7H2,1-3H3. The van der Waals surface area contributed by atoms with E-state index in [2.05, 4.69) is 5.32 Å². The number of alkyl halides is 3. The van der Waals surface area contributed by atoms with Crippen molar-refractivity contribution in [3.05, 3.63) is 0 Å². The van der Waals surface area contributed by atoms with Gasteiger partial charge in [0.15, 0.2) is 0 Å². The molecule has 0 aromatic carbocycles. The molecular formula is C9H16F3N3. The van der Waals surface area contributed by atoms with Gasteiger partial charge >= 0.3 is 6.18 Å². The topological polar surface area (TPSA) is 39.1 Å². The second-order valence-corrected chi connectivity index (χ2v) is 3.80. The van der Waals surface area contributed by atoms with Crippen molar-refractivity contribution >= 4 is 0 Å². The third-order valence-corrected chi connectivity index (χ3v) is 2.16. The van der Waals surface area contributed by atoms with Crippen molar-refractivity contribution in [1.29, 1.82) is 5.26 Å². The Bertz CT molecular complexity index is 234. The number of hydrogen-bond donors (Lipinski definition) is 1. The zero-order chi connectivity index (χ0) is 12.1. The third-order valence-electron chi connectivity index (χ3n) is 2.16. The van der Waals surface area contributed by atoms with E-state index in [9.17, 15) is 13.2 Å². The molecule has 0 bridgehead atoms. The summed E-state index contributed by atoms with van der Waals surface area (Å²) in [5.41, 5.74) is -0.805. The minimum atomic E-state index is -4.14. The number of nitrogens with zero attached hydrogens (tertiary/aromatic N) is 2. The fraction of sp³-hybridized carbons (Fsp3) is 0.889. The molecule has 0 fully saturated rings. The molecule has 0 saturated carbocycles. The van der Waals surface area contributed by atoms with E-state index in [1.165, 1.54) is 4.90 Å². The zero-order valence-corrected chi connectivity index (χ0v) is 9.15. The van der Waals surface area contributed by atoms with Crippen LogP contribution in [0.4, 0.5) is 13.2 Å². The molecule has 0 rings (SSSR count). The second-order valence-electron chi connectivity index (χ2n) is 3.80. The quantitative estimate of drug-likeness (QED) is 0.765. The monoisotopic (exact) mass is 223 g/mol. The molecule has 0 radical (unpaired) electrons. The van der Waals surface area contributed by atoms with Crippen LogP contribution >= 0.6 is 0 Å². The van der Waals surface area contributed by atoms with Crippen molar-refractivity contribution in [2.24, 2.45) is 0 Å². The molecule has 88 valence electrons. The lowest BCUT2D eigenvalue weighted by Gasteiger charge is -2.27. The van der Waals surface area contributed by atoms with Gasteiger partial charge in [0.1, 0.15) is 5.54 Å². The van der Waals surface area contributed by atoms with Gasteiger partial charge in [0, 0.05) is 13.1 Å². The summed E-state index contributed by atoms with van der Waals surface area (Å²) in [6, 6.07) is 2.02. The van der Waals surface area contributed by atoms with Gasteiger partial charge in [0.05, 0.1) is 12.5 Å². The molecule has 0 spiro atoms. The fourth-order valence-corrected chi connectivity index (χ4v) is 1.11. The van der Waals surface area contributed by atoms with Gasteiger partial charge < -0.3 is 10.2 Å². The van der Waals surface area contributed by atoms with Crippen LogP contribution in [0, 0.1) is 11.3 Å². The third kappa shape index (κ3) is 6.31. The van der Waals surface area contributed by atoms with Crippen molar-refractivity contribution in [2.45, 2.75) is 25.1 Å². The van der Waals surface area contributed by atoms with Gasteiger partial charge in [-0.25, -0.2) is 0 Å². The number of nitrogens with one attached hydrogen (secondary N) is 1. The highest BCUT2D eigenvalue weighted by Gasteiger charge is 2.29. The highest BCUT2D eigenvalue weighted by atomic mass is 19.4. The summed E-state index contributed by atoms with van der Waals surface area (Å²) in [4.78, 5) is 1.49. The number of rotatable bonds is 5. The minimum absolute atomic E-state index is 0.0948. The Morgan fingerprint density at radius 1 is 1.40 bits per heavy atom. The van der Waals surface area contributed by atoms with Crippen LogP contribution in [0.1, 0.15) is 13.3 Å². The van der Waals surface area contributed by atoms with Gasteiger partial charge in [0.25, 0.3) is 0 Å². The molecule has 6 heteroatoms. The second kappa shape index (κ2) is 5.33. The molecular weight excluding hydrogens is 207 g/mol. The van der Waals surface area contributed by atoms with E-state index in [0.29, 0.717) is 0 Å². The predicted octanol–water partition coefficient (Wildman–Crippen LogP) is 1.37. The van der Waals surface area contributed by atoms with Crippen molar-refractivity contribution in [3.8, 4) is 6.07 Å². The van der Waals surface area contributed by atoms with Gasteiger partial charge in [-0.15, -0.1) is 0 Å². The predicted molar refractivity (Wildman–Crippen MR) is 51.2 cm³/mol. The molecule has 1 unspecified atom stereocenters. The number of likely N-dealkylation sites (N-methyl/N-ethyl adjacent to an activating group) is 2. The molecule has 0 saturated heterocycles. The first-order valence-electron chi connectivity index (χ1n) is 4.58. The highest BCUT2D eigenvalue weighted by molar-refractivity contribution is 5.04. The van der Waals surface area contributed by atoms with Crippen molar-refractivity contribution in [1.82, 2.24) is 10.2 Å². The molecule has 0 aromatic rings. The summed E-state index contributed by atoms with van der Waals surface area (Å²) in [5, 5.41) is 11.6. The van der Waals surface area contributed by atoms with Crippen LogP contribution in [-0.4, -0.2) is 43.8 Å². The van der Waals surface area contributed by atoms with Gasteiger partial charge in [-0.1, -0.05) is 0 Å². The van der Waals surface area contributed by atoms with Crippen LogP contribution in [0.3, 0.4) is 0 Å². The van der Waals surface area contributed by atoms with E-state index >= 15 is 0 Å². The molecule has 0 aromatic heterocycles. The fourth-order valence-electron chi connectivity index (χ4n) is 1.11. The van der Waals surface area contributed by atoms with E-state index < -0.39 is 18.1 Å². The smallest absolute Gasteiger partial charge is 0.303 e. The van der Waals surface area contributed by atoms with E-state index in [1.807, 2.05) is 6.07 Å². The first-order valence-corrected chi connectivity index (χ1v) is 4.58. The molecule has 0 heterocycles. The molecule has 0 aliphatic heterocycles. The van der Waals surface area contributed by atoms with Crippen LogP contribution in [0.15, 0.2) is 0 Å². The van der Waals surface area contributed by atoms with Crippen LogP contribution < -0.4 is 5.32 Å². The van der Waals surface area contributed by atoms with E-state index in [4.69, 9.17) is 5.26 Å². The lowest BCUT2D eigenvalue weighted by atomic mass is 10.0. The van der Waals surface area contributed by atoms with E-state index in [1.54, 1.807) is 21.0 Å². The minimum Gasteiger partial charge on any atom is -0.303 e. The largest absolute Gasteiger partial charge is 0.390 e. The zero-order valence-electron chi connectivity index (χ0n) is 9.15. The molecule has 0 aliphatic carbocycles. The van der Waals surface area contributed by atoms with Crippen LogP contribution in [0.2, 0.25) is 0 Å². The summed E-state index contributed by atoms with van der Waals surface area (Å²) in [7, 11) is 3.18. The Kier molecular flexibility index (Phi) is 5.05. The maximum Gasteiger partial charge on any atom is 0.390 e. The molecule has 3 nitrogen and oxygen atoms in total.